The molecule has 0 saturated carbocycles. The number of benzene rings is 2. The van der Waals surface area contributed by atoms with E-state index in [9.17, 15) is 9.90 Å². The fraction of sp³-hybridized carbons (Fsp3) is 0.278. The highest BCUT2D eigenvalue weighted by molar-refractivity contribution is 9.10. The monoisotopic (exact) mass is 359 g/mol. The summed E-state index contributed by atoms with van der Waals surface area (Å²) in [5, 5.41) is 9.56. The van der Waals surface area contributed by atoms with Crippen molar-refractivity contribution in [2.45, 2.75) is 12.5 Å². The summed E-state index contributed by atoms with van der Waals surface area (Å²) >= 11 is 3.47. The second-order valence-electron chi connectivity index (χ2n) is 5.79. The average molecular weight is 360 g/mol. The van der Waals surface area contributed by atoms with Gasteiger partial charge in [-0.15, -0.1) is 0 Å². The van der Waals surface area contributed by atoms with Crippen LogP contribution in [0.2, 0.25) is 0 Å². The Morgan fingerprint density at radius 3 is 2.59 bits per heavy atom. The van der Waals surface area contributed by atoms with Gasteiger partial charge in [0.05, 0.1) is 5.92 Å². The maximum atomic E-state index is 11.6. The molecule has 114 valence electrons. The number of aliphatic carboxylic acids is 1. The quantitative estimate of drug-likeness (QED) is 0.903. The number of hydrogen-bond acceptors (Lipinski definition) is 2. The van der Waals surface area contributed by atoms with Crippen LogP contribution >= 0.6 is 15.9 Å². The van der Waals surface area contributed by atoms with Gasteiger partial charge in [-0.2, -0.15) is 0 Å². The molecule has 1 N–H and O–H groups in total. The molecule has 0 aromatic heterocycles. The molecule has 22 heavy (non-hydrogen) atoms. The van der Waals surface area contributed by atoms with Crippen molar-refractivity contribution in [2.75, 3.05) is 13.1 Å². The number of carboxylic acids is 1. The van der Waals surface area contributed by atoms with Crippen LogP contribution in [-0.2, 0) is 11.3 Å². The number of nitrogens with zero attached hydrogens (tertiary/aromatic N) is 1. The van der Waals surface area contributed by atoms with Crippen LogP contribution < -0.4 is 0 Å². The van der Waals surface area contributed by atoms with Gasteiger partial charge in [0.1, 0.15) is 0 Å². The van der Waals surface area contributed by atoms with Gasteiger partial charge in [-0.3, -0.25) is 9.69 Å². The molecule has 2 aromatic carbocycles. The van der Waals surface area contributed by atoms with Crippen molar-refractivity contribution in [3.8, 4) is 0 Å². The van der Waals surface area contributed by atoms with Crippen LogP contribution in [0.4, 0.5) is 0 Å². The van der Waals surface area contributed by atoms with Gasteiger partial charge < -0.3 is 5.11 Å². The molecule has 0 spiro atoms. The van der Waals surface area contributed by atoms with Gasteiger partial charge in [-0.1, -0.05) is 58.4 Å². The summed E-state index contributed by atoms with van der Waals surface area (Å²) < 4.78 is 0.996. The standard InChI is InChI=1S/C18H18BrNO2/c19-15-8-4-7-14(9-15)16-11-20(12-17(16)18(21)22)10-13-5-2-1-3-6-13/h1-9,16-17H,10-12H2,(H,21,22)/t16-,17+/m0/s1. The van der Waals surface area contributed by atoms with E-state index >= 15 is 0 Å². The molecule has 0 radical (unpaired) electrons. The van der Waals surface area contributed by atoms with Crippen LogP contribution in [-0.4, -0.2) is 29.1 Å². The molecule has 0 unspecified atom stereocenters. The van der Waals surface area contributed by atoms with Crippen LogP contribution in [0.25, 0.3) is 0 Å². The highest BCUT2D eigenvalue weighted by atomic mass is 79.9. The molecule has 0 bridgehead atoms. The lowest BCUT2D eigenvalue weighted by Gasteiger charge is -2.16. The number of rotatable bonds is 4. The Balaban J connectivity index is 1.79. The molecule has 4 heteroatoms. The maximum absolute atomic E-state index is 11.6. The Morgan fingerprint density at radius 2 is 1.91 bits per heavy atom. The molecule has 1 saturated heterocycles. The Bertz CT molecular complexity index is 659. The van der Waals surface area contributed by atoms with Gasteiger partial charge in [0.2, 0.25) is 0 Å². The molecular formula is C18H18BrNO2. The molecule has 2 atom stereocenters. The van der Waals surface area contributed by atoms with Crippen LogP contribution in [0.3, 0.4) is 0 Å². The van der Waals surface area contributed by atoms with E-state index in [2.05, 4.69) is 33.0 Å². The Morgan fingerprint density at radius 1 is 1.14 bits per heavy atom. The minimum atomic E-state index is -0.708. The molecule has 1 heterocycles. The van der Waals surface area contributed by atoms with E-state index in [1.54, 1.807) is 0 Å². The van der Waals surface area contributed by atoms with Gasteiger partial charge in [-0.25, -0.2) is 0 Å². The first-order valence-electron chi connectivity index (χ1n) is 7.38. The van der Waals surface area contributed by atoms with E-state index in [0.29, 0.717) is 6.54 Å². The molecule has 3 rings (SSSR count). The topological polar surface area (TPSA) is 40.5 Å². The lowest BCUT2D eigenvalue weighted by molar-refractivity contribution is -0.141. The van der Waals surface area contributed by atoms with E-state index in [-0.39, 0.29) is 11.8 Å². The van der Waals surface area contributed by atoms with Crippen LogP contribution in [0.1, 0.15) is 17.0 Å². The number of halogens is 1. The van der Waals surface area contributed by atoms with Gasteiger partial charge in [-0.05, 0) is 23.3 Å². The third kappa shape index (κ3) is 3.39. The summed E-state index contributed by atoms with van der Waals surface area (Å²) in [7, 11) is 0. The minimum Gasteiger partial charge on any atom is -0.481 e. The SMILES string of the molecule is O=C(O)[C@@H]1CN(Cc2ccccc2)C[C@H]1c1cccc(Br)c1. The first-order chi connectivity index (χ1) is 10.6. The first kappa shape index (κ1) is 15.3. The highest BCUT2D eigenvalue weighted by Crippen LogP contribution is 2.34. The fourth-order valence-corrected chi connectivity index (χ4v) is 3.60. The molecular weight excluding hydrogens is 342 g/mol. The number of hydrogen-bond donors (Lipinski definition) is 1. The summed E-state index contributed by atoms with van der Waals surface area (Å²) in [4.78, 5) is 13.9. The van der Waals surface area contributed by atoms with Crippen molar-refractivity contribution in [3.63, 3.8) is 0 Å². The normalized spacial score (nSPS) is 21.9. The zero-order chi connectivity index (χ0) is 15.5. The van der Waals surface area contributed by atoms with Crippen molar-refractivity contribution in [2.24, 2.45) is 5.92 Å². The maximum Gasteiger partial charge on any atom is 0.308 e. The summed E-state index contributed by atoms with van der Waals surface area (Å²) in [5.41, 5.74) is 2.32. The summed E-state index contributed by atoms with van der Waals surface area (Å²) in [5.74, 6) is -1.02. The van der Waals surface area contributed by atoms with Crippen LogP contribution in [0.15, 0.2) is 59.1 Å². The van der Waals surface area contributed by atoms with Crippen LogP contribution in [0.5, 0.6) is 0 Å². The van der Waals surface area contributed by atoms with E-state index in [1.165, 1.54) is 5.56 Å². The molecule has 1 fully saturated rings. The van der Waals surface area contributed by atoms with Gasteiger partial charge in [0.25, 0.3) is 0 Å². The van der Waals surface area contributed by atoms with Crippen LogP contribution in [0, 0.1) is 5.92 Å². The molecule has 3 nitrogen and oxygen atoms in total. The third-order valence-electron chi connectivity index (χ3n) is 4.24. The lowest BCUT2D eigenvalue weighted by Crippen LogP contribution is -2.23. The van der Waals surface area contributed by atoms with Crippen molar-refractivity contribution >= 4 is 21.9 Å². The van der Waals surface area contributed by atoms with Crippen molar-refractivity contribution in [3.05, 3.63) is 70.2 Å². The molecule has 1 aliphatic heterocycles. The Kier molecular flexibility index (Phi) is 4.60. The van der Waals surface area contributed by atoms with E-state index < -0.39 is 5.97 Å². The van der Waals surface area contributed by atoms with E-state index in [1.807, 2.05) is 42.5 Å². The van der Waals surface area contributed by atoms with Crippen molar-refractivity contribution < 1.29 is 9.90 Å². The largest absolute Gasteiger partial charge is 0.481 e. The van der Waals surface area contributed by atoms with E-state index in [0.717, 1.165) is 23.1 Å². The Hall–Kier alpha value is -1.65. The smallest absolute Gasteiger partial charge is 0.308 e. The van der Waals surface area contributed by atoms with Crippen molar-refractivity contribution in [1.82, 2.24) is 4.90 Å². The second-order valence-corrected chi connectivity index (χ2v) is 6.70. The van der Waals surface area contributed by atoms with Crippen molar-refractivity contribution in [1.29, 1.82) is 0 Å². The highest BCUT2D eigenvalue weighted by Gasteiger charge is 2.38. The second kappa shape index (κ2) is 6.63. The average Bonchev–Trinajstić information content (AvgIpc) is 2.92. The third-order valence-corrected chi connectivity index (χ3v) is 4.73. The van der Waals surface area contributed by atoms with Gasteiger partial charge in [0.15, 0.2) is 0 Å². The van der Waals surface area contributed by atoms with Gasteiger partial charge >= 0.3 is 5.97 Å². The zero-order valence-electron chi connectivity index (χ0n) is 12.2. The lowest BCUT2D eigenvalue weighted by atomic mass is 9.89. The zero-order valence-corrected chi connectivity index (χ0v) is 13.7. The Labute approximate surface area is 138 Å². The summed E-state index contributed by atoms with van der Waals surface area (Å²) in [6.45, 7) is 2.18. The number of likely N-dealkylation sites (tertiary alicyclic amines) is 1. The molecule has 1 aliphatic rings. The fourth-order valence-electron chi connectivity index (χ4n) is 3.18. The summed E-state index contributed by atoms with van der Waals surface area (Å²) in [6.07, 6.45) is 0. The molecule has 2 aromatic rings. The van der Waals surface area contributed by atoms with E-state index in [4.69, 9.17) is 0 Å². The summed E-state index contributed by atoms with van der Waals surface area (Å²) in [6, 6.07) is 18.2. The predicted molar refractivity (Wildman–Crippen MR) is 89.7 cm³/mol. The number of carboxylic acid groups (broad SMARTS) is 1. The predicted octanol–water partition coefficient (Wildman–Crippen LogP) is 3.75. The molecule has 0 aliphatic carbocycles. The molecule has 0 amide bonds. The minimum absolute atomic E-state index is 0.0405. The van der Waals surface area contributed by atoms with Gasteiger partial charge in [0, 0.05) is 30.0 Å². The number of carbonyl (C=O) groups is 1. The first-order valence-corrected chi connectivity index (χ1v) is 8.17.